The smallest absolute Gasteiger partial charge is 0.245 e. The van der Waals surface area contributed by atoms with E-state index < -0.39 is 0 Å². The van der Waals surface area contributed by atoms with E-state index in [1.807, 2.05) is 0 Å². The molecule has 0 fully saturated rings. The lowest BCUT2D eigenvalue weighted by Gasteiger charge is -2.22. The normalized spacial score (nSPS) is 11.1. The fourth-order valence-corrected chi connectivity index (χ4v) is 1.95. The van der Waals surface area contributed by atoms with Crippen LogP contribution >= 0.6 is 0 Å². The molecule has 0 radical (unpaired) electrons. The summed E-state index contributed by atoms with van der Waals surface area (Å²) in [6.45, 7) is 13.4. The predicted octanol–water partition coefficient (Wildman–Crippen LogP) is 1.82. The monoisotopic (exact) mass is 265 g/mol. The van der Waals surface area contributed by atoms with E-state index in [4.69, 9.17) is 0 Å². The summed E-state index contributed by atoms with van der Waals surface area (Å²) in [5, 5.41) is 12.0. The van der Waals surface area contributed by atoms with Crippen LogP contribution in [0, 0.1) is 0 Å². The van der Waals surface area contributed by atoms with Gasteiger partial charge in [-0.15, -0.1) is 5.10 Å². The molecule has 1 aromatic heterocycles. The van der Waals surface area contributed by atoms with E-state index in [-0.39, 0.29) is 0 Å². The fraction of sp³-hybridized carbons (Fsp3) is 0.786. The molecule has 0 aliphatic heterocycles. The Kier molecular flexibility index (Phi) is 6.70. The molecule has 0 spiro atoms. The molecule has 0 saturated carbocycles. The first-order valence-electron chi connectivity index (χ1n) is 7.33. The number of nitrogens with zero attached hydrogens (tertiary/aromatic N) is 4. The Balaban J connectivity index is 2.75. The van der Waals surface area contributed by atoms with Gasteiger partial charge in [0.2, 0.25) is 5.95 Å². The second kappa shape index (κ2) is 8.04. The molecule has 0 aliphatic rings. The molecular formula is C14H27N5. The average Bonchev–Trinajstić information content (AvgIpc) is 2.42. The lowest BCUT2D eigenvalue weighted by atomic mass is 10.2. The van der Waals surface area contributed by atoms with Crippen LogP contribution in [0.5, 0.6) is 0 Å². The van der Waals surface area contributed by atoms with E-state index >= 15 is 0 Å². The minimum absolute atomic E-state index is 0.506. The van der Waals surface area contributed by atoms with Crippen LogP contribution < -0.4 is 10.2 Å². The summed E-state index contributed by atoms with van der Waals surface area (Å²) in [5.41, 5.74) is 2.09. The number of likely N-dealkylation sites (N-methyl/N-ethyl adjacent to an activating group) is 1. The van der Waals surface area contributed by atoms with E-state index in [0.29, 0.717) is 6.04 Å². The highest BCUT2D eigenvalue weighted by Gasteiger charge is 2.11. The van der Waals surface area contributed by atoms with Gasteiger partial charge in [0.25, 0.3) is 0 Å². The summed E-state index contributed by atoms with van der Waals surface area (Å²) in [6, 6.07) is 0.506. The number of hydrogen-bond donors (Lipinski definition) is 1. The van der Waals surface area contributed by atoms with Crippen molar-refractivity contribution in [2.45, 2.75) is 53.5 Å². The Morgan fingerprint density at radius 3 is 2.26 bits per heavy atom. The van der Waals surface area contributed by atoms with Gasteiger partial charge in [0.05, 0.1) is 11.4 Å². The number of hydrogen-bond acceptors (Lipinski definition) is 5. The van der Waals surface area contributed by atoms with Gasteiger partial charge in [0, 0.05) is 25.7 Å². The maximum atomic E-state index is 4.66. The second-order valence-electron chi connectivity index (χ2n) is 4.90. The molecule has 108 valence electrons. The van der Waals surface area contributed by atoms with Crippen molar-refractivity contribution in [1.82, 2.24) is 20.5 Å². The number of aryl methyl sites for hydroxylation is 2. The van der Waals surface area contributed by atoms with Crippen molar-refractivity contribution in [2.24, 2.45) is 0 Å². The molecule has 1 N–H and O–H groups in total. The van der Waals surface area contributed by atoms with Gasteiger partial charge in [-0.05, 0) is 19.8 Å². The van der Waals surface area contributed by atoms with Gasteiger partial charge < -0.3 is 10.2 Å². The van der Waals surface area contributed by atoms with Crippen LogP contribution in [0.25, 0.3) is 0 Å². The van der Waals surface area contributed by atoms with Gasteiger partial charge in [-0.2, -0.15) is 5.10 Å². The van der Waals surface area contributed by atoms with Gasteiger partial charge in [0.15, 0.2) is 0 Å². The number of aromatic nitrogens is 3. The predicted molar refractivity (Wildman–Crippen MR) is 79.6 cm³/mol. The van der Waals surface area contributed by atoms with Crippen LogP contribution in [0.2, 0.25) is 0 Å². The highest BCUT2D eigenvalue weighted by Crippen LogP contribution is 2.10. The molecule has 0 atom stereocenters. The summed E-state index contributed by atoms with van der Waals surface area (Å²) in [5.74, 6) is 0.752. The van der Waals surface area contributed by atoms with Gasteiger partial charge in [-0.3, -0.25) is 0 Å². The summed E-state index contributed by atoms with van der Waals surface area (Å²) in [4.78, 5) is 6.82. The lowest BCUT2D eigenvalue weighted by molar-refractivity contribution is 0.578. The molecule has 5 nitrogen and oxygen atoms in total. The van der Waals surface area contributed by atoms with E-state index in [1.165, 1.54) is 0 Å². The molecule has 19 heavy (non-hydrogen) atoms. The standard InChI is InChI=1S/C14H27N5/c1-6-12-13(7-2)17-18-14(16-12)19(8-3)10-9-15-11(4)5/h11,15H,6-10H2,1-5H3. The van der Waals surface area contributed by atoms with Gasteiger partial charge >= 0.3 is 0 Å². The largest absolute Gasteiger partial charge is 0.339 e. The zero-order valence-electron chi connectivity index (χ0n) is 12.9. The van der Waals surface area contributed by atoms with E-state index in [1.54, 1.807) is 0 Å². The highest BCUT2D eigenvalue weighted by molar-refractivity contribution is 5.30. The quantitative estimate of drug-likeness (QED) is 0.777. The van der Waals surface area contributed by atoms with E-state index in [2.05, 4.69) is 60.0 Å². The Labute approximate surface area is 116 Å². The van der Waals surface area contributed by atoms with Gasteiger partial charge in [-0.25, -0.2) is 4.98 Å². The molecule has 0 aromatic carbocycles. The Hall–Kier alpha value is -1.23. The topological polar surface area (TPSA) is 53.9 Å². The second-order valence-corrected chi connectivity index (χ2v) is 4.90. The molecule has 5 heteroatoms. The fourth-order valence-electron chi connectivity index (χ4n) is 1.95. The molecule has 0 aliphatic carbocycles. The van der Waals surface area contributed by atoms with Crippen LogP contribution in [0.4, 0.5) is 5.95 Å². The van der Waals surface area contributed by atoms with Crippen LogP contribution in [-0.4, -0.2) is 40.9 Å². The van der Waals surface area contributed by atoms with Gasteiger partial charge in [0.1, 0.15) is 0 Å². The van der Waals surface area contributed by atoms with E-state index in [9.17, 15) is 0 Å². The number of nitrogens with one attached hydrogen (secondary N) is 1. The van der Waals surface area contributed by atoms with Gasteiger partial charge in [-0.1, -0.05) is 27.7 Å². The van der Waals surface area contributed by atoms with Crippen molar-refractivity contribution in [3.8, 4) is 0 Å². The Bertz CT molecular complexity index is 378. The maximum Gasteiger partial charge on any atom is 0.245 e. The van der Waals surface area contributed by atoms with Crippen LogP contribution in [0.3, 0.4) is 0 Å². The molecule has 1 heterocycles. The minimum Gasteiger partial charge on any atom is -0.339 e. The molecule has 1 rings (SSSR count). The first-order valence-corrected chi connectivity index (χ1v) is 7.33. The van der Waals surface area contributed by atoms with Crippen LogP contribution in [0.15, 0.2) is 0 Å². The van der Waals surface area contributed by atoms with Crippen molar-refractivity contribution in [1.29, 1.82) is 0 Å². The van der Waals surface area contributed by atoms with Crippen molar-refractivity contribution in [3.05, 3.63) is 11.4 Å². The maximum absolute atomic E-state index is 4.66. The third-order valence-electron chi connectivity index (χ3n) is 3.10. The van der Waals surface area contributed by atoms with Crippen molar-refractivity contribution in [2.75, 3.05) is 24.5 Å². The highest BCUT2D eigenvalue weighted by atomic mass is 15.3. The first kappa shape index (κ1) is 15.8. The summed E-state index contributed by atoms with van der Waals surface area (Å²) in [7, 11) is 0. The summed E-state index contributed by atoms with van der Waals surface area (Å²) < 4.78 is 0. The first-order chi connectivity index (χ1) is 9.12. The Morgan fingerprint density at radius 1 is 1.05 bits per heavy atom. The minimum atomic E-state index is 0.506. The number of anilines is 1. The third kappa shape index (κ3) is 4.74. The SMILES string of the molecule is CCc1nnc(N(CC)CCNC(C)C)nc1CC. The zero-order valence-corrected chi connectivity index (χ0v) is 12.9. The molecule has 0 unspecified atom stereocenters. The lowest BCUT2D eigenvalue weighted by Crippen LogP contribution is -2.36. The third-order valence-corrected chi connectivity index (χ3v) is 3.10. The Morgan fingerprint density at radius 2 is 1.74 bits per heavy atom. The van der Waals surface area contributed by atoms with Crippen molar-refractivity contribution in [3.63, 3.8) is 0 Å². The molecule has 1 aromatic rings. The molecule has 0 saturated heterocycles. The summed E-state index contributed by atoms with van der Waals surface area (Å²) >= 11 is 0. The number of rotatable bonds is 8. The van der Waals surface area contributed by atoms with Crippen LogP contribution in [-0.2, 0) is 12.8 Å². The van der Waals surface area contributed by atoms with Crippen molar-refractivity contribution >= 4 is 5.95 Å². The van der Waals surface area contributed by atoms with E-state index in [0.717, 1.165) is 49.8 Å². The summed E-state index contributed by atoms with van der Waals surface area (Å²) in [6.07, 6.45) is 1.80. The molecule has 0 bridgehead atoms. The van der Waals surface area contributed by atoms with Crippen LogP contribution in [0.1, 0.15) is 46.0 Å². The van der Waals surface area contributed by atoms with Crippen molar-refractivity contribution < 1.29 is 0 Å². The molecular weight excluding hydrogens is 238 g/mol. The zero-order chi connectivity index (χ0) is 14.3. The average molecular weight is 265 g/mol. The molecule has 0 amide bonds.